The van der Waals surface area contributed by atoms with Crippen LogP contribution in [0.2, 0.25) is 5.02 Å². The molecular formula is C18H27ClN2. The maximum atomic E-state index is 6.39. The molecule has 0 amide bonds. The zero-order chi connectivity index (χ0) is 14.8. The maximum Gasteiger partial charge on any atom is 0.0500 e. The Morgan fingerprint density at radius 1 is 1.19 bits per heavy atom. The monoisotopic (exact) mass is 306 g/mol. The number of hydrogen-bond acceptors (Lipinski definition) is 2. The topological polar surface area (TPSA) is 29.3 Å². The minimum absolute atomic E-state index is 0.129. The summed E-state index contributed by atoms with van der Waals surface area (Å²) in [6.45, 7) is 3.32. The van der Waals surface area contributed by atoms with Gasteiger partial charge in [0, 0.05) is 23.1 Å². The Kier molecular flexibility index (Phi) is 4.88. The molecule has 1 saturated carbocycles. The van der Waals surface area contributed by atoms with E-state index in [4.69, 9.17) is 17.3 Å². The van der Waals surface area contributed by atoms with E-state index in [2.05, 4.69) is 30.0 Å². The first-order valence-electron chi connectivity index (χ1n) is 8.43. The van der Waals surface area contributed by atoms with Gasteiger partial charge >= 0.3 is 0 Å². The van der Waals surface area contributed by atoms with Crippen molar-refractivity contribution in [2.24, 2.45) is 11.7 Å². The van der Waals surface area contributed by atoms with E-state index in [9.17, 15) is 0 Å². The molecule has 1 aromatic rings. The van der Waals surface area contributed by atoms with Crippen LogP contribution < -0.4 is 5.73 Å². The summed E-state index contributed by atoms with van der Waals surface area (Å²) in [5.74, 6) is 0.882. The first-order valence-corrected chi connectivity index (χ1v) is 8.81. The molecule has 2 nitrogen and oxygen atoms in total. The zero-order valence-corrected chi connectivity index (χ0v) is 13.7. The number of piperidine rings is 1. The van der Waals surface area contributed by atoms with E-state index in [0.717, 1.165) is 17.0 Å². The van der Waals surface area contributed by atoms with Crippen LogP contribution in [0.15, 0.2) is 24.3 Å². The Hall–Kier alpha value is -0.570. The lowest BCUT2D eigenvalue weighted by molar-refractivity contribution is 0.0179. The molecule has 0 spiro atoms. The van der Waals surface area contributed by atoms with Crippen molar-refractivity contribution in [3.8, 4) is 0 Å². The van der Waals surface area contributed by atoms with E-state index in [0.29, 0.717) is 6.04 Å². The van der Waals surface area contributed by atoms with Gasteiger partial charge < -0.3 is 5.73 Å². The predicted molar refractivity (Wildman–Crippen MR) is 89.5 cm³/mol. The lowest BCUT2D eigenvalue weighted by atomic mass is 9.77. The Labute approximate surface area is 133 Å². The first-order chi connectivity index (χ1) is 10.2. The summed E-state index contributed by atoms with van der Waals surface area (Å²) >= 11 is 6.21. The van der Waals surface area contributed by atoms with E-state index in [1.807, 2.05) is 6.07 Å². The number of benzene rings is 1. The molecular weight excluding hydrogens is 280 g/mol. The Morgan fingerprint density at radius 2 is 1.95 bits per heavy atom. The highest BCUT2D eigenvalue weighted by Gasteiger charge is 2.38. The van der Waals surface area contributed by atoms with E-state index in [1.54, 1.807) is 0 Å². The van der Waals surface area contributed by atoms with E-state index < -0.39 is 0 Å². The lowest BCUT2D eigenvalue weighted by Crippen LogP contribution is -2.52. The molecule has 0 bridgehead atoms. The van der Waals surface area contributed by atoms with Crippen molar-refractivity contribution < 1.29 is 0 Å². The smallest absolute Gasteiger partial charge is 0.0500 e. The normalized spacial score (nSPS) is 29.7. The van der Waals surface area contributed by atoms with Crippen molar-refractivity contribution in [3.63, 3.8) is 0 Å². The van der Waals surface area contributed by atoms with Gasteiger partial charge in [0.05, 0.1) is 0 Å². The van der Waals surface area contributed by atoms with Gasteiger partial charge in [0.15, 0.2) is 0 Å². The number of hydrogen-bond donors (Lipinski definition) is 1. The largest absolute Gasteiger partial charge is 0.326 e. The second-order valence-corrected chi connectivity index (χ2v) is 7.29. The molecule has 0 radical (unpaired) electrons. The molecule has 3 rings (SSSR count). The first kappa shape index (κ1) is 15.3. The third-order valence-corrected chi connectivity index (χ3v) is 5.57. The van der Waals surface area contributed by atoms with Gasteiger partial charge in [-0.25, -0.2) is 0 Å². The molecule has 0 aromatic heterocycles. The molecule has 116 valence electrons. The highest BCUT2D eigenvalue weighted by molar-refractivity contribution is 6.30. The van der Waals surface area contributed by atoms with Gasteiger partial charge in [0.1, 0.15) is 0 Å². The summed E-state index contributed by atoms with van der Waals surface area (Å²) in [5.41, 5.74) is 7.67. The third kappa shape index (κ3) is 3.28. The van der Waals surface area contributed by atoms with Gasteiger partial charge in [-0.1, -0.05) is 36.6 Å². The summed E-state index contributed by atoms with van der Waals surface area (Å²) < 4.78 is 0. The average molecular weight is 307 g/mol. The SMILES string of the molecule is CC(N)C(c1cccc(Cl)c1)N1CCCC2CCCCC21. The number of fused-ring (bicyclic) bond motifs is 1. The molecule has 2 N–H and O–H groups in total. The summed E-state index contributed by atoms with van der Waals surface area (Å²) in [7, 11) is 0. The number of nitrogens with zero attached hydrogens (tertiary/aromatic N) is 1. The molecule has 21 heavy (non-hydrogen) atoms. The molecule has 1 heterocycles. The van der Waals surface area contributed by atoms with Crippen molar-refractivity contribution in [2.45, 2.75) is 63.6 Å². The number of likely N-dealkylation sites (tertiary alicyclic amines) is 1. The average Bonchev–Trinajstić information content (AvgIpc) is 2.47. The predicted octanol–water partition coefficient (Wildman–Crippen LogP) is 4.38. The number of nitrogens with two attached hydrogens (primary N) is 1. The van der Waals surface area contributed by atoms with Crippen LogP contribution in [0.25, 0.3) is 0 Å². The molecule has 3 heteroatoms. The van der Waals surface area contributed by atoms with Gasteiger partial charge in [-0.3, -0.25) is 4.90 Å². The van der Waals surface area contributed by atoms with Gasteiger partial charge in [0.25, 0.3) is 0 Å². The highest BCUT2D eigenvalue weighted by atomic mass is 35.5. The molecule has 1 aliphatic carbocycles. The second kappa shape index (κ2) is 6.68. The summed E-state index contributed by atoms with van der Waals surface area (Å²) in [6, 6.07) is 9.44. The minimum Gasteiger partial charge on any atom is -0.326 e. The van der Waals surface area contributed by atoms with Crippen molar-refractivity contribution >= 4 is 11.6 Å². The lowest BCUT2D eigenvalue weighted by Gasteiger charge is -2.49. The Balaban J connectivity index is 1.89. The Morgan fingerprint density at radius 3 is 2.71 bits per heavy atom. The fraction of sp³-hybridized carbons (Fsp3) is 0.667. The van der Waals surface area contributed by atoms with Crippen LogP contribution in [0.5, 0.6) is 0 Å². The van der Waals surface area contributed by atoms with Gasteiger partial charge in [-0.15, -0.1) is 0 Å². The molecule has 1 aliphatic heterocycles. The molecule has 2 fully saturated rings. The number of halogens is 1. The van der Waals surface area contributed by atoms with Crippen molar-refractivity contribution in [1.82, 2.24) is 4.90 Å². The Bertz CT molecular complexity index is 472. The van der Waals surface area contributed by atoms with Crippen LogP contribution in [-0.2, 0) is 0 Å². The van der Waals surface area contributed by atoms with Crippen LogP contribution in [0.3, 0.4) is 0 Å². The van der Waals surface area contributed by atoms with E-state index in [-0.39, 0.29) is 6.04 Å². The van der Waals surface area contributed by atoms with Crippen LogP contribution in [-0.4, -0.2) is 23.5 Å². The van der Waals surface area contributed by atoms with Crippen LogP contribution >= 0.6 is 11.6 Å². The van der Waals surface area contributed by atoms with Crippen LogP contribution in [0, 0.1) is 5.92 Å². The molecule has 4 atom stereocenters. The van der Waals surface area contributed by atoms with Crippen LogP contribution in [0.1, 0.15) is 57.1 Å². The fourth-order valence-electron chi connectivity index (χ4n) is 4.50. The maximum absolute atomic E-state index is 6.39. The minimum atomic E-state index is 0.129. The van der Waals surface area contributed by atoms with E-state index >= 15 is 0 Å². The molecule has 1 aromatic carbocycles. The van der Waals surface area contributed by atoms with Crippen molar-refractivity contribution in [3.05, 3.63) is 34.9 Å². The standard InChI is InChI=1S/C18H27ClN2/c1-13(20)18(15-7-4-9-16(19)12-15)21-11-5-8-14-6-2-3-10-17(14)21/h4,7,9,12-14,17-18H,2-3,5-6,8,10-11,20H2,1H3. The summed E-state index contributed by atoms with van der Waals surface area (Å²) in [5, 5.41) is 0.815. The zero-order valence-electron chi connectivity index (χ0n) is 13.0. The summed E-state index contributed by atoms with van der Waals surface area (Å²) in [6.07, 6.45) is 8.25. The van der Waals surface area contributed by atoms with Crippen molar-refractivity contribution in [1.29, 1.82) is 0 Å². The fourth-order valence-corrected chi connectivity index (χ4v) is 4.70. The van der Waals surface area contributed by atoms with E-state index in [1.165, 1.54) is 50.6 Å². The quantitative estimate of drug-likeness (QED) is 0.897. The highest BCUT2D eigenvalue weighted by Crippen LogP contribution is 2.40. The van der Waals surface area contributed by atoms with Crippen molar-refractivity contribution in [2.75, 3.05) is 6.54 Å². The summed E-state index contributed by atoms with van der Waals surface area (Å²) in [4.78, 5) is 2.70. The molecule has 1 saturated heterocycles. The number of rotatable bonds is 3. The molecule has 2 aliphatic rings. The van der Waals surface area contributed by atoms with Crippen LogP contribution in [0.4, 0.5) is 0 Å². The molecule has 4 unspecified atom stereocenters. The van der Waals surface area contributed by atoms with Gasteiger partial charge in [-0.2, -0.15) is 0 Å². The second-order valence-electron chi connectivity index (χ2n) is 6.85. The third-order valence-electron chi connectivity index (χ3n) is 5.33. The van der Waals surface area contributed by atoms with Gasteiger partial charge in [0.2, 0.25) is 0 Å². The van der Waals surface area contributed by atoms with Gasteiger partial charge in [-0.05, 0) is 62.8 Å².